The van der Waals surface area contributed by atoms with E-state index in [2.05, 4.69) is 10.5 Å². The van der Waals surface area contributed by atoms with Crippen molar-refractivity contribution in [2.24, 2.45) is 5.92 Å². The van der Waals surface area contributed by atoms with Gasteiger partial charge in [0.2, 0.25) is 0 Å². The second-order valence-corrected chi connectivity index (χ2v) is 9.94. The maximum absolute atomic E-state index is 14.6. The minimum atomic E-state index is -1.11. The van der Waals surface area contributed by atoms with E-state index in [1.165, 1.54) is 0 Å². The Kier molecular flexibility index (Phi) is 7.52. The van der Waals surface area contributed by atoms with Gasteiger partial charge in [0.1, 0.15) is 29.9 Å². The molecule has 35 heavy (non-hydrogen) atoms. The van der Waals surface area contributed by atoms with E-state index in [0.29, 0.717) is 43.1 Å². The first-order chi connectivity index (χ1) is 16.7. The lowest BCUT2D eigenvalue weighted by Crippen LogP contribution is -2.29. The molecule has 1 aliphatic carbocycles. The summed E-state index contributed by atoms with van der Waals surface area (Å²) in [6, 6.07) is 7.56. The van der Waals surface area contributed by atoms with Gasteiger partial charge in [0.25, 0.3) is 0 Å². The van der Waals surface area contributed by atoms with Crippen LogP contribution in [0.25, 0.3) is 22.6 Å². The summed E-state index contributed by atoms with van der Waals surface area (Å²) in [5.74, 6) is 2.15. The molecule has 0 aliphatic heterocycles. The molecule has 1 aromatic carbocycles. The SMILES string of the molecule is CNCC(O)COc1cccc(-c2nc(CC3CCC(C)(F)C3)c(C)c(-c3c(C)noc3C)n2)c1. The highest BCUT2D eigenvalue weighted by atomic mass is 19.1. The Balaban J connectivity index is 1.72. The van der Waals surface area contributed by atoms with Crippen LogP contribution in [0.1, 0.15) is 48.9 Å². The summed E-state index contributed by atoms with van der Waals surface area (Å²) in [5, 5.41) is 17.0. The van der Waals surface area contributed by atoms with E-state index in [-0.39, 0.29) is 12.5 Å². The van der Waals surface area contributed by atoms with Gasteiger partial charge in [-0.1, -0.05) is 17.3 Å². The molecule has 0 amide bonds. The summed E-state index contributed by atoms with van der Waals surface area (Å²) >= 11 is 0. The number of alkyl halides is 1. The average Bonchev–Trinajstić information content (AvgIpc) is 3.34. The largest absolute Gasteiger partial charge is 0.491 e. The normalized spacial score (nSPS) is 20.8. The van der Waals surface area contributed by atoms with Crippen molar-refractivity contribution in [2.45, 2.75) is 65.2 Å². The minimum Gasteiger partial charge on any atom is -0.491 e. The predicted molar refractivity (Wildman–Crippen MR) is 133 cm³/mol. The second kappa shape index (κ2) is 10.4. The van der Waals surface area contributed by atoms with E-state index in [4.69, 9.17) is 19.2 Å². The molecule has 0 spiro atoms. The van der Waals surface area contributed by atoms with Crippen LogP contribution in [0, 0.1) is 26.7 Å². The third-order valence-corrected chi connectivity index (χ3v) is 6.76. The van der Waals surface area contributed by atoms with Crippen molar-refractivity contribution in [1.29, 1.82) is 0 Å². The molecule has 2 aromatic heterocycles. The Labute approximate surface area is 206 Å². The lowest BCUT2D eigenvalue weighted by atomic mass is 9.95. The molecule has 188 valence electrons. The smallest absolute Gasteiger partial charge is 0.160 e. The van der Waals surface area contributed by atoms with Crippen molar-refractivity contribution in [3.05, 3.63) is 47.0 Å². The number of nitrogens with one attached hydrogen (secondary N) is 1. The molecule has 0 radical (unpaired) electrons. The fourth-order valence-corrected chi connectivity index (χ4v) is 4.93. The van der Waals surface area contributed by atoms with Crippen molar-refractivity contribution in [1.82, 2.24) is 20.4 Å². The van der Waals surface area contributed by atoms with Gasteiger partial charge in [0.15, 0.2) is 5.82 Å². The predicted octanol–water partition coefficient (Wildman–Crippen LogP) is 4.75. The van der Waals surface area contributed by atoms with E-state index in [9.17, 15) is 9.50 Å². The van der Waals surface area contributed by atoms with E-state index < -0.39 is 11.8 Å². The number of aliphatic hydroxyl groups is 1. The Morgan fingerprint density at radius 1 is 1.29 bits per heavy atom. The number of nitrogens with zero attached hydrogens (tertiary/aromatic N) is 3. The highest BCUT2D eigenvalue weighted by Crippen LogP contribution is 2.40. The third kappa shape index (κ3) is 5.87. The Morgan fingerprint density at radius 3 is 2.74 bits per heavy atom. The first-order valence-corrected chi connectivity index (χ1v) is 12.2. The molecular weight excluding hydrogens is 447 g/mol. The molecule has 4 rings (SSSR count). The van der Waals surface area contributed by atoms with Gasteiger partial charge in [0, 0.05) is 17.8 Å². The van der Waals surface area contributed by atoms with E-state index >= 15 is 0 Å². The van der Waals surface area contributed by atoms with Crippen LogP contribution < -0.4 is 10.1 Å². The van der Waals surface area contributed by atoms with E-state index in [1.54, 1.807) is 14.0 Å². The fourth-order valence-electron chi connectivity index (χ4n) is 4.93. The number of hydrogen-bond donors (Lipinski definition) is 2. The van der Waals surface area contributed by atoms with Crippen molar-refractivity contribution in [3.63, 3.8) is 0 Å². The van der Waals surface area contributed by atoms with Crippen molar-refractivity contribution >= 4 is 0 Å². The zero-order valence-electron chi connectivity index (χ0n) is 21.2. The average molecular weight is 483 g/mol. The van der Waals surface area contributed by atoms with E-state index in [1.807, 2.05) is 45.0 Å². The number of aliphatic hydroxyl groups excluding tert-OH is 1. The van der Waals surface area contributed by atoms with Crippen LogP contribution in [0.3, 0.4) is 0 Å². The molecule has 1 saturated carbocycles. The van der Waals surface area contributed by atoms with Gasteiger partial charge in [-0.05, 0) is 84.0 Å². The Hall–Kier alpha value is -2.84. The lowest BCUT2D eigenvalue weighted by Gasteiger charge is -2.17. The molecule has 2 N–H and O–H groups in total. The number of halogens is 1. The molecule has 7 nitrogen and oxygen atoms in total. The van der Waals surface area contributed by atoms with Gasteiger partial charge in [-0.2, -0.15) is 0 Å². The summed E-state index contributed by atoms with van der Waals surface area (Å²) in [5.41, 5.74) is 4.02. The summed E-state index contributed by atoms with van der Waals surface area (Å²) in [6.07, 6.45) is 2.08. The molecule has 3 unspecified atom stereocenters. The van der Waals surface area contributed by atoms with Crippen LogP contribution >= 0.6 is 0 Å². The van der Waals surface area contributed by atoms with Gasteiger partial charge in [-0.25, -0.2) is 14.4 Å². The summed E-state index contributed by atoms with van der Waals surface area (Å²) in [6.45, 7) is 8.13. The van der Waals surface area contributed by atoms with Crippen LogP contribution in [0.4, 0.5) is 4.39 Å². The second-order valence-electron chi connectivity index (χ2n) is 9.94. The number of aryl methyl sites for hydroxylation is 2. The van der Waals surface area contributed by atoms with Crippen molar-refractivity contribution in [2.75, 3.05) is 20.2 Å². The number of benzene rings is 1. The van der Waals surface area contributed by atoms with Crippen LogP contribution in [-0.2, 0) is 6.42 Å². The highest BCUT2D eigenvalue weighted by molar-refractivity contribution is 5.71. The molecule has 2 heterocycles. The summed E-state index contributed by atoms with van der Waals surface area (Å²) < 4.78 is 25.8. The van der Waals surface area contributed by atoms with Crippen LogP contribution in [0.15, 0.2) is 28.8 Å². The Morgan fingerprint density at radius 2 is 2.09 bits per heavy atom. The zero-order valence-corrected chi connectivity index (χ0v) is 21.2. The Bertz CT molecular complexity index is 1160. The topological polar surface area (TPSA) is 93.3 Å². The van der Waals surface area contributed by atoms with Crippen molar-refractivity contribution in [3.8, 4) is 28.4 Å². The standard InChI is InChI=1S/C27H35FN4O3/c1-16-23(11-19-9-10-27(4,28)13-19)30-26(31-25(16)24-17(2)32-35-18(24)3)20-7-6-8-22(12-20)34-15-21(33)14-29-5/h6-8,12,19,21,29,33H,9-11,13-15H2,1-5H3. The monoisotopic (exact) mass is 482 g/mol. The maximum atomic E-state index is 14.6. The molecular formula is C27H35FN4O3. The summed E-state index contributed by atoms with van der Waals surface area (Å²) in [4.78, 5) is 9.89. The number of aromatic nitrogens is 3. The van der Waals surface area contributed by atoms with Crippen molar-refractivity contribution < 1.29 is 18.8 Å². The minimum absolute atomic E-state index is 0.179. The third-order valence-electron chi connectivity index (χ3n) is 6.76. The van der Waals surface area contributed by atoms with Gasteiger partial charge in [-0.3, -0.25) is 0 Å². The zero-order chi connectivity index (χ0) is 25.2. The first kappa shape index (κ1) is 25.3. The summed E-state index contributed by atoms with van der Waals surface area (Å²) in [7, 11) is 1.78. The molecule has 1 fully saturated rings. The number of hydrogen-bond acceptors (Lipinski definition) is 7. The molecule has 0 saturated heterocycles. The fraction of sp³-hybridized carbons (Fsp3) is 0.519. The number of ether oxygens (including phenoxy) is 1. The highest BCUT2D eigenvalue weighted by Gasteiger charge is 2.35. The van der Waals surface area contributed by atoms with Gasteiger partial charge < -0.3 is 19.7 Å². The molecule has 3 aromatic rings. The van der Waals surface area contributed by atoms with Crippen LogP contribution in [-0.4, -0.2) is 52.2 Å². The molecule has 1 aliphatic rings. The molecule has 8 heteroatoms. The first-order valence-electron chi connectivity index (χ1n) is 12.2. The molecule has 3 atom stereocenters. The van der Waals surface area contributed by atoms with Gasteiger partial charge in [0.05, 0.1) is 17.0 Å². The lowest BCUT2D eigenvalue weighted by molar-refractivity contribution is 0.108. The van der Waals surface area contributed by atoms with Crippen LogP contribution in [0.2, 0.25) is 0 Å². The van der Waals surface area contributed by atoms with Gasteiger partial charge >= 0.3 is 0 Å². The van der Waals surface area contributed by atoms with Crippen LogP contribution in [0.5, 0.6) is 5.75 Å². The molecule has 0 bridgehead atoms. The van der Waals surface area contributed by atoms with Gasteiger partial charge in [-0.15, -0.1) is 0 Å². The van der Waals surface area contributed by atoms with E-state index in [0.717, 1.165) is 40.2 Å². The number of likely N-dealkylation sites (N-methyl/N-ethyl adjacent to an activating group) is 1. The maximum Gasteiger partial charge on any atom is 0.160 e. The quantitative estimate of drug-likeness (QED) is 0.454. The number of rotatable bonds is 9.